The maximum Gasteiger partial charge on any atom is 0.254 e. The standard InChI is InChI=1S/C14H21N3O2.ClH/c1-3-4-7-17(9-13(16)18)14(19)12-8-11(15)6-5-10(12)2;/h5-6,8H,3-4,7,9,15H2,1-2H3,(H2,16,18);1H. The molecule has 4 N–H and O–H groups in total. The van der Waals surface area contributed by atoms with Crippen LogP contribution in [0.15, 0.2) is 18.2 Å². The van der Waals surface area contributed by atoms with Crippen LogP contribution >= 0.6 is 12.4 Å². The molecule has 0 atom stereocenters. The number of nitrogens with two attached hydrogens (primary N) is 2. The zero-order valence-corrected chi connectivity index (χ0v) is 12.7. The number of nitrogen functional groups attached to an aromatic ring is 1. The fourth-order valence-corrected chi connectivity index (χ4v) is 1.83. The Hall–Kier alpha value is -1.75. The van der Waals surface area contributed by atoms with Gasteiger partial charge in [0.05, 0.1) is 6.54 Å². The zero-order chi connectivity index (χ0) is 14.4. The lowest BCUT2D eigenvalue weighted by Crippen LogP contribution is -2.39. The van der Waals surface area contributed by atoms with Gasteiger partial charge in [0.2, 0.25) is 5.91 Å². The molecule has 0 spiro atoms. The molecule has 0 unspecified atom stereocenters. The molecule has 0 heterocycles. The van der Waals surface area contributed by atoms with Crippen molar-refractivity contribution < 1.29 is 9.59 Å². The Morgan fingerprint density at radius 3 is 2.50 bits per heavy atom. The van der Waals surface area contributed by atoms with Gasteiger partial charge >= 0.3 is 0 Å². The number of carbonyl (C=O) groups is 2. The van der Waals surface area contributed by atoms with E-state index in [0.717, 1.165) is 18.4 Å². The third-order valence-electron chi connectivity index (χ3n) is 2.91. The number of hydrogen-bond acceptors (Lipinski definition) is 3. The van der Waals surface area contributed by atoms with Gasteiger partial charge in [-0.3, -0.25) is 9.59 Å². The van der Waals surface area contributed by atoms with Crippen LogP contribution in [-0.4, -0.2) is 29.8 Å². The van der Waals surface area contributed by atoms with Gasteiger partial charge in [-0.2, -0.15) is 0 Å². The third-order valence-corrected chi connectivity index (χ3v) is 2.91. The molecule has 0 fully saturated rings. The summed E-state index contributed by atoms with van der Waals surface area (Å²) in [6.07, 6.45) is 1.78. The summed E-state index contributed by atoms with van der Waals surface area (Å²) in [6.45, 7) is 4.33. The van der Waals surface area contributed by atoms with Crippen molar-refractivity contribution in [3.8, 4) is 0 Å². The van der Waals surface area contributed by atoms with Gasteiger partial charge in [0.1, 0.15) is 0 Å². The predicted molar refractivity (Wildman–Crippen MR) is 82.8 cm³/mol. The molecule has 1 rings (SSSR count). The van der Waals surface area contributed by atoms with Crippen molar-refractivity contribution in [3.05, 3.63) is 29.3 Å². The van der Waals surface area contributed by atoms with Crippen LogP contribution < -0.4 is 11.5 Å². The molecule has 5 nitrogen and oxygen atoms in total. The highest BCUT2D eigenvalue weighted by atomic mass is 35.5. The Morgan fingerprint density at radius 2 is 1.95 bits per heavy atom. The summed E-state index contributed by atoms with van der Waals surface area (Å²) in [5.41, 5.74) is 12.8. The summed E-state index contributed by atoms with van der Waals surface area (Å²) in [4.78, 5) is 25.0. The molecule has 2 amide bonds. The number of anilines is 1. The van der Waals surface area contributed by atoms with E-state index >= 15 is 0 Å². The van der Waals surface area contributed by atoms with Crippen LogP contribution in [0.1, 0.15) is 35.7 Å². The summed E-state index contributed by atoms with van der Waals surface area (Å²) >= 11 is 0. The highest BCUT2D eigenvalue weighted by Crippen LogP contribution is 2.15. The molecule has 0 radical (unpaired) electrons. The maximum absolute atomic E-state index is 12.4. The number of aryl methyl sites for hydroxylation is 1. The van der Waals surface area contributed by atoms with Gasteiger partial charge in [0.15, 0.2) is 0 Å². The molecule has 0 bridgehead atoms. The average Bonchev–Trinajstić information content (AvgIpc) is 2.36. The smallest absolute Gasteiger partial charge is 0.254 e. The van der Waals surface area contributed by atoms with Crippen molar-refractivity contribution in [1.82, 2.24) is 4.90 Å². The number of amides is 2. The van der Waals surface area contributed by atoms with E-state index in [1.807, 2.05) is 13.8 Å². The Bertz CT molecular complexity index is 477. The fraction of sp³-hybridized carbons (Fsp3) is 0.429. The average molecular weight is 300 g/mol. The first-order valence-corrected chi connectivity index (χ1v) is 6.39. The number of unbranched alkanes of at least 4 members (excludes halogenated alkanes) is 1. The molecule has 1 aromatic rings. The van der Waals surface area contributed by atoms with E-state index in [0.29, 0.717) is 17.8 Å². The van der Waals surface area contributed by atoms with Gasteiger partial charge in [0, 0.05) is 17.8 Å². The van der Waals surface area contributed by atoms with Gasteiger partial charge in [-0.25, -0.2) is 0 Å². The first-order valence-electron chi connectivity index (χ1n) is 6.39. The van der Waals surface area contributed by atoms with Crippen LogP contribution in [0.3, 0.4) is 0 Å². The molecule has 0 saturated carbocycles. The minimum atomic E-state index is -0.508. The van der Waals surface area contributed by atoms with E-state index in [9.17, 15) is 9.59 Å². The molecule has 112 valence electrons. The number of hydrogen-bond donors (Lipinski definition) is 2. The van der Waals surface area contributed by atoms with Crippen LogP contribution in [0.5, 0.6) is 0 Å². The lowest BCUT2D eigenvalue weighted by atomic mass is 10.1. The van der Waals surface area contributed by atoms with Gasteiger partial charge in [0.25, 0.3) is 5.91 Å². The van der Waals surface area contributed by atoms with Crippen molar-refractivity contribution in [1.29, 1.82) is 0 Å². The molecule has 0 aliphatic carbocycles. The number of rotatable bonds is 6. The van der Waals surface area contributed by atoms with E-state index in [2.05, 4.69) is 0 Å². The SMILES string of the molecule is CCCCN(CC(N)=O)C(=O)c1cc(N)ccc1C.Cl. The second kappa shape index (κ2) is 8.43. The van der Waals surface area contributed by atoms with Gasteiger partial charge in [-0.05, 0) is 31.0 Å². The molecule has 20 heavy (non-hydrogen) atoms. The Balaban J connectivity index is 0.00000361. The van der Waals surface area contributed by atoms with Crippen LogP contribution in [0.25, 0.3) is 0 Å². The van der Waals surface area contributed by atoms with Crippen molar-refractivity contribution >= 4 is 29.9 Å². The van der Waals surface area contributed by atoms with Crippen molar-refractivity contribution in [3.63, 3.8) is 0 Å². The quantitative estimate of drug-likeness (QED) is 0.784. The summed E-state index contributed by atoms with van der Waals surface area (Å²) in [6, 6.07) is 5.18. The lowest BCUT2D eigenvalue weighted by Gasteiger charge is -2.22. The third kappa shape index (κ3) is 5.09. The molecular weight excluding hydrogens is 278 g/mol. The van der Waals surface area contributed by atoms with Crippen LogP contribution in [0.4, 0.5) is 5.69 Å². The zero-order valence-electron chi connectivity index (χ0n) is 11.9. The van der Waals surface area contributed by atoms with E-state index in [1.165, 1.54) is 4.90 Å². The summed E-state index contributed by atoms with van der Waals surface area (Å²) in [5.74, 6) is -0.706. The van der Waals surface area contributed by atoms with E-state index in [-0.39, 0.29) is 24.9 Å². The van der Waals surface area contributed by atoms with Crippen LogP contribution in [-0.2, 0) is 4.79 Å². The molecule has 0 aliphatic rings. The van der Waals surface area contributed by atoms with Crippen LogP contribution in [0, 0.1) is 6.92 Å². The topological polar surface area (TPSA) is 89.4 Å². The van der Waals surface area contributed by atoms with E-state index in [4.69, 9.17) is 11.5 Å². The summed E-state index contributed by atoms with van der Waals surface area (Å²) in [5, 5.41) is 0. The predicted octanol–water partition coefficient (Wildman–Crippen LogP) is 1.73. The molecule has 0 aliphatic heterocycles. The Labute approximate surface area is 125 Å². The van der Waals surface area contributed by atoms with Gasteiger partial charge in [-0.15, -0.1) is 12.4 Å². The van der Waals surface area contributed by atoms with E-state index in [1.54, 1.807) is 18.2 Å². The van der Waals surface area contributed by atoms with Crippen molar-refractivity contribution in [2.24, 2.45) is 5.73 Å². The molecule has 0 aromatic heterocycles. The van der Waals surface area contributed by atoms with Crippen LogP contribution in [0.2, 0.25) is 0 Å². The maximum atomic E-state index is 12.4. The first-order chi connectivity index (χ1) is 8.95. The summed E-state index contributed by atoms with van der Waals surface area (Å²) in [7, 11) is 0. The van der Waals surface area contributed by atoms with Gasteiger partial charge in [-0.1, -0.05) is 19.4 Å². The number of benzene rings is 1. The van der Waals surface area contributed by atoms with E-state index < -0.39 is 5.91 Å². The lowest BCUT2D eigenvalue weighted by molar-refractivity contribution is -0.118. The second-order valence-electron chi connectivity index (χ2n) is 4.62. The van der Waals surface area contributed by atoms with Crippen molar-refractivity contribution in [2.45, 2.75) is 26.7 Å². The Morgan fingerprint density at radius 1 is 1.30 bits per heavy atom. The fourth-order valence-electron chi connectivity index (χ4n) is 1.83. The minimum absolute atomic E-state index is 0. The molecule has 6 heteroatoms. The number of primary amides is 1. The minimum Gasteiger partial charge on any atom is -0.399 e. The first kappa shape index (κ1) is 18.2. The molecule has 1 aromatic carbocycles. The molecule has 0 saturated heterocycles. The number of nitrogens with zero attached hydrogens (tertiary/aromatic N) is 1. The normalized spacial score (nSPS) is 9.70. The van der Waals surface area contributed by atoms with Gasteiger partial charge < -0.3 is 16.4 Å². The monoisotopic (exact) mass is 299 g/mol. The molecular formula is C14H22ClN3O2. The number of carbonyl (C=O) groups excluding carboxylic acids is 2. The second-order valence-corrected chi connectivity index (χ2v) is 4.62. The Kier molecular flexibility index (Phi) is 7.69. The van der Waals surface area contributed by atoms with Crippen molar-refractivity contribution in [2.75, 3.05) is 18.8 Å². The highest BCUT2D eigenvalue weighted by Gasteiger charge is 2.19. The number of halogens is 1. The largest absolute Gasteiger partial charge is 0.399 e. The highest BCUT2D eigenvalue weighted by molar-refractivity contribution is 5.98. The summed E-state index contributed by atoms with van der Waals surface area (Å²) < 4.78 is 0.